The summed E-state index contributed by atoms with van der Waals surface area (Å²) in [4.78, 5) is 0. The fourth-order valence-electron chi connectivity index (χ4n) is 17.2. The monoisotopic (exact) mass is 1380 g/mol. The van der Waals surface area contributed by atoms with Gasteiger partial charge in [0.15, 0.2) is 0 Å². The molecule has 0 radical (unpaired) electrons. The molecule has 0 aliphatic carbocycles. The van der Waals surface area contributed by atoms with E-state index in [1.807, 2.05) is 60.7 Å². The first-order valence-electron chi connectivity index (χ1n) is 34.9. The van der Waals surface area contributed by atoms with Crippen LogP contribution in [0, 0.1) is 11.3 Å². The summed E-state index contributed by atoms with van der Waals surface area (Å²) in [5.41, 5.74) is 14.0. The van der Waals surface area contributed by atoms with Crippen LogP contribution in [0.2, 0.25) is 0 Å². The van der Waals surface area contributed by atoms with E-state index in [1.165, 1.54) is 0 Å². The van der Waals surface area contributed by atoms with E-state index in [0.717, 1.165) is 149 Å². The summed E-state index contributed by atoms with van der Waals surface area (Å²) < 4.78 is 104. The largest absolute Gasteiger partial charge is 0.417 e. The average molecular weight is 1380 g/mol. The second-order valence-corrected chi connectivity index (χ2v) is 27.3. The zero-order valence-corrected chi connectivity index (χ0v) is 56.0. The Balaban J connectivity index is 0.868. The van der Waals surface area contributed by atoms with Crippen molar-refractivity contribution >= 4 is 131 Å². The summed E-state index contributed by atoms with van der Waals surface area (Å²) in [7, 11) is 0. The summed E-state index contributed by atoms with van der Waals surface area (Å²) in [6.45, 7) is 0. The van der Waals surface area contributed by atoms with E-state index in [1.54, 1.807) is 24.3 Å². The van der Waals surface area contributed by atoms with Crippen molar-refractivity contribution in [1.29, 1.82) is 5.26 Å². The van der Waals surface area contributed by atoms with Crippen molar-refractivity contribution in [3.05, 3.63) is 338 Å². The SMILES string of the molecule is N#Cc1ccc(-c2ccc(-c3ccc(C(F)(F)F)cc3C(F)(F)F)cc2-n2c3ccc(-n4c5ccccc5c5ccccc54)cc3c3cc(-n4c5ccccc5c5ccccc54)ccc32)c(-n2c3ccc(-n4c5ccccc5c5ccccc54)cc3c3cc(-n4c5ccccc5c5ccccc54)ccc32)c1. The third-order valence-electron chi connectivity index (χ3n) is 21.7. The predicted octanol–water partition coefficient (Wildman–Crippen LogP) is 25.5. The molecule has 0 saturated heterocycles. The fraction of sp³-hybridized carbons (Fsp3) is 0.0215. The summed E-state index contributed by atoms with van der Waals surface area (Å²) in [6, 6.07) is 107. The molecule has 502 valence electrons. The molecule has 0 unspecified atom stereocenters. The lowest BCUT2D eigenvalue weighted by molar-refractivity contribution is -0.142. The molecule has 106 heavy (non-hydrogen) atoms. The van der Waals surface area contributed by atoms with Crippen molar-refractivity contribution in [2.75, 3.05) is 0 Å². The number of hydrogen-bond donors (Lipinski definition) is 0. The number of benzene rings is 15. The standard InChI is InChI=1S/C93H53F6N7/c94-92(95,96)57-35-42-62(77(49-57)93(97,98)99)56-34-41-72(91(48-56)106-88-45-38-60(103-82-29-13-5-21-67(82)68-22-6-14-30-83(68)103)52-75(88)76-53-61(39-46-89(76)106)104-84-31-15-7-23-69(84)70-24-8-16-32-85(70)104)71-40-33-55(54-100)47-90(71)105-86-43-36-58(101-78-25-9-1-17-63(78)64-18-2-10-26-79(64)101)50-73(86)74-51-59(37-44-87(74)105)102-80-27-11-3-19-65(80)66-20-4-12-28-81(66)102/h1-53H. The normalized spacial score (nSPS) is 12.4. The van der Waals surface area contributed by atoms with Crippen LogP contribution in [0.4, 0.5) is 26.3 Å². The molecule has 0 atom stereocenters. The van der Waals surface area contributed by atoms with Gasteiger partial charge in [0.25, 0.3) is 0 Å². The molecular formula is C93H53F6N7. The minimum Gasteiger partial charge on any atom is -0.309 e. The van der Waals surface area contributed by atoms with Gasteiger partial charge in [0.05, 0.1) is 100 Å². The minimum atomic E-state index is -5.20. The van der Waals surface area contributed by atoms with E-state index in [4.69, 9.17) is 0 Å². The van der Waals surface area contributed by atoms with Crippen LogP contribution >= 0.6 is 0 Å². The Morgan fingerprint density at radius 3 is 0.792 bits per heavy atom. The van der Waals surface area contributed by atoms with Gasteiger partial charge in [-0.3, -0.25) is 0 Å². The lowest BCUT2D eigenvalue weighted by atomic mass is 9.92. The van der Waals surface area contributed by atoms with Gasteiger partial charge in [-0.1, -0.05) is 170 Å². The highest BCUT2D eigenvalue weighted by molar-refractivity contribution is 6.17. The highest BCUT2D eigenvalue weighted by Gasteiger charge is 2.39. The minimum absolute atomic E-state index is 0.0286. The van der Waals surface area contributed by atoms with Gasteiger partial charge in [-0.15, -0.1) is 0 Å². The number of fused-ring (bicyclic) bond motifs is 18. The summed E-state index contributed by atoms with van der Waals surface area (Å²) in [6.07, 6.45) is -10.3. The van der Waals surface area contributed by atoms with Crippen molar-refractivity contribution in [3.8, 4) is 62.4 Å². The van der Waals surface area contributed by atoms with Crippen LogP contribution in [0.5, 0.6) is 0 Å². The van der Waals surface area contributed by atoms with Crippen LogP contribution < -0.4 is 0 Å². The summed E-state index contributed by atoms with van der Waals surface area (Å²) in [5.74, 6) is 0. The van der Waals surface area contributed by atoms with Gasteiger partial charge >= 0.3 is 12.4 Å². The average Bonchev–Trinajstić information content (AvgIpc) is 1.53. The molecule has 0 aliphatic heterocycles. The van der Waals surface area contributed by atoms with Crippen LogP contribution in [-0.4, -0.2) is 27.4 Å². The zero-order valence-electron chi connectivity index (χ0n) is 56.0. The number of nitriles is 1. The van der Waals surface area contributed by atoms with Crippen LogP contribution in [-0.2, 0) is 12.4 Å². The zero-order chi connectivity index (χ0) is 71.0. The van der Waals surface area contributed by atoms with E-state index in [-0.39, 0.29) is 11.6 Å². The molecule has 21 aromatic rings. The topological polar surface area (TPSA) is 53.4 Å². The Labute approximate surface area is 599 Å². The summed E-state index contributed by atoms with van der Waals surface area (Å²) >= 11 is 0. The van der Waals surface area contributed by atoms with Gasteiger partial charge in [0.2, 0.25) is 0 Å². The van der Waals surface area contributed by atoms with Crippen LogP contribution in [0.1, 0.15) is 16.7 Å². The second kappa shape index (κ2) is 22.6. The van der Waals surface area contributed by atoms with Gasteiger partial charge in [-0.05, 0) is 163 Å². The fourth-order valence-corrected chi connectivity index (χ4v) is 17.2. The molecule has 13 heteroatoms. The van der Waals surface area contributed by atoms with Crippen molar-refractivity contribution in [2.45, 2.75) is 12.4 Å². The quantitative estimate of drug-likeness (QED) is 0.140. The molecule has 0 saturated carbocycles. The van der Waals surface area contributed by atoms with Crippen molar-refractivity contribution in [2.24, 2.45) is 0 Å². The lowest BCUT2D eigenvalue weighted by Gasteiger charge is -2.21. The molecule has 6 heterocycles. The van der Waals surface area contributed by atoms with E-state index >= 15 is 13.2 Å². The lowest BCUT2D eigenvalue weighted by Crippen LogP contribution is -2.12. The Morgan fingerprint density at radius 2 is 0.500 bits per heavy atom. The smallest absolute Gasteiger partial charge is 0.309 e. The summed E-state index contributed by atoms with van der Waals surface area (Å²) in [5, 5.41) is 23.3. The van der Waals surface area contributed by atoms with Gasteiger partial charge < -0.3 is 27.4 Å². The maximum absolute atomic E-state index is 15.7. The van der Waals surface area contributed by atoms with Gasteiger partial charge in [0.1, 0.15) is 0 Å². The number of para-hydroxylation sites is 8. The molecule has 7 nitrogen and oxygen atoms in total. The first-order chi connectivity index (χ1) is 51.8. The number of nitrogens with zero attached hydrogens (tertiary/aromatic N) is 7. The first-order valence-corrected chi connectivity index (χ1v) is 34.9. The third kappa shape index (κ3) is 8.94. The van der Waals surface area contributed by atoms with Crippen LogP contribution in [0.15, 0.2) is 322 Å². The van der Waals surface area contributed by atoms with E-state index in [0.29, 0.717) is 45.2 Å². The molecule has 0 fully saturated rings. The molecule has 6 aromatic heterocycles. The van der Waals surface area contributed by atoms with E-state index < -0.39 is 29.0 Å². The highest BCUT2D eigenvalue weighted by Crippen LogP contribution is 2.49. The molecule has 0 bridgehead atoms. The molecule has 21 rings (SSSR count). The Bertz CT molecular complexity index is 6850. The molecule has 0 spiro atoms. The molecule has 0 aliphatic rings. The highest BCUT2D eigenvalue weighted by atomic mass is 19.4. The maximum atomic E-state index is 15.7. The van der Waals surface area contributed by atoms with Crippen LogP contribution in [0.25, 0.3) is 187 Å². The number of rotatable bonds is 8. The van der Waals surface area contributed by atoms with Crippen molar-refractivity contribution < 1.29 is 26.3 Å². The van der Waals surface area contributed by atoms with Gasteiger partial charge in [-0.25, -0.2) is 0 Å². The molecule has 15 aromatic carbocycles. The van der Waals surface area contributed by atoms with Gasteiger partial charge in [0, 0.05) is 98.5 Å². The first kappa shape index (κ1) is 60.9. The maximum Gasteiger partial charge on any atom is 0.417 e. The van der Waals surface area contributed by atoms with Crippen LogP contribution in [0.3, 0.4) is 0 Å². The third-order valence-corrected chi connectivity index (χ3v) is 21.7. The predicted molar refractivity (Wildman–Crippen MR) is 418 cm³/mol. The van der Waals surface area contributed by atoms with E-state index in [9.17, 15) is 18.4 Å². The Morgan fingerprint density at radius 1 is 0.226 bits per heavy atom. The number of alkyl halides is 6. The number of hydrogen-bond acceptors (Lipinski definition) is 1. The van der Waals surface area contributed by atoms with Crippen molar-refractivity contribution in [3.63, 3.8) is 0 Å². The van der Waals surface area contributed by atoms with Crippen molar-refractivity contribution in [1.82, 2.24) is 27.4 Å². The molecule has 0 amide bonds. The van der Waals surface area contributed by atoms with E-state index in [2.05, 4.69) is 252 Å². The molecular weight excluding hydrogens is 1330 g/mol. The van der Waals surface area contributed by atoms with Gasteiger partial charge in [-0.2, -0.15) is 31.6 Å². The second-order valence-electron chi connectivity index (χ2n) is 27.3. The number of aromatic nitrogens is 6. The Hall–Kier alpha value is -13.8. The number of halogens is 6. The molecule has 0 N–H and O–H groups in total. The Kier molecular flexibility index (Phi) is 13.0.